The maximum atomic E-state index is 13.2. The van der Waals surface area contributed by atoms with Crippen molar-refractivity contribution in [3.8, 4) is 0 Å². The van der Waals surface area contributed by atoms with E-state index in [-0.39, 0.29) is 43.0 Å². The van der Waals surface area contributed by atoms with E-state index in [1.165, 1.54) is 7.11 Å². The number of fused-ring (bicyclic) bond motifs is 1. The van der Waals surface area contributed by atoms with Crippen LogP contribution in [-0.4, -0.2) is 77.3 Å². The van der Waals surface area contributed by atoms with Crippen LogP contribution >= 0.6 is 0 Å². The van der Waals surface area contributed by atoms with E-state index in [2.05, 4.69) is 4.98 Å². The monoisotopic (exact) mass is 436 g/mol. The number of hydrogen-bond acceptors (Lipinski definition) is 6. The Morgan fingerprint density at radius 1 is 1.16 bits per heavy atom. The van der Waals surface area contributed by atoms with Crippen LogP contribution in [0.4, 0.5) is 0 Å². The smallest absolute Gasteiger partial charge is 0.311 e. The number of carbonyl (C=O) groups is 3. The number of esters is 1. The zero-order valence-corrected chi connectivity index (χ0v) is 18.4. The molecule has 0 N–H and O–H groups in total. The van der Waals surface area contributed by atoms with Gasteiger partial charge in [-0.1, -0.05) is 30.3 Å². The summed E-state index contributed by atoms with van der Waals surface area (Å²) in [6.45, 7) is 1.27. The summed E-state index contributed by atoms with van der Waals surface area (Å²) in [5, 5.41) is 0. The van der Waals surface area contributed by atoms with E-state index in [0.717, 1.165) is 11.1 Å². The number of hydrogen-bond donors (Lipinski definition) is 0. The lowest BCUT2D eigenvalue weighted by Crippen LogP contribution is -2.57. The van der Waals surface area contributed by atoms with Crippen LogP contribution in [-0.2, 0) is 25.7 Å². The van der Waals surface area contributed by atoms with E-state index in [4.69, 9.17) is 4.74 Å². The van der Waals surface area contributed by atoms with E-state index in [1.807, 2.05) is 54.4 Å². The Morgan fingerprint density at radius 3 is 2.56 bits per heavy atom. The lowest BCUT2D eigenvalue weighted by Gasteiger charge is -2.40. The molecule has 8 nitrogen and oxygen atoms in total. The first-order chi connectivity index (χ1) is 15.5. The standard InChI is InChI=1S/C24H28N4O4/c1-26(13-17-8-10-25-11-9-17)15-21(29)27-14-19-12-20(24(31)32-2)23(28(19)22(30)16-27)18-6-4-3-5-7-18/h3-11,19-20,23H,12-16H2,1-2H3/t19-,20-,23-/m0/s1. The molecule has 2 aliphatic heterocycles. The van der Waals surface area contributed by atoms with E-state index >= 15 is 0 Å². The van der Waals surface area contributed by atoms with Gasteiger partial charge < -0.3 is 14.5 Å². The van der Waals surface area contributed by atoms with Gasteiger partial charge in [0.1, 0.15) is 0 Å². The van der Waals surface area contributed by atoms with Crippen LogP contribution in [0.1, 0.15) is 23.6 Å². The molecule has 3 atom stereocenters. The summed E-state index contributed by atoms with van der Waals surface area (Å²) >= 11 is 0. The first-order valence-corrected chi connectivity index (χ1v) is 10.8. The second kappa shape index (κ2) is 9.48. The average molecular weight is 437 g/mol. The maximum absolute atomic E-state index is 13.2. The molecule has 2 saturated heterocycles. The number of methoxy groups -OCH3 is 1. The van der Waals surface area contributed by atoms with Gasteiger partial charge >= 0.3 is 5.97 Å². The topological polar surface area (TPSA) is 83.0 Å². The fourth-order valence-electron chi connectivity index (χ4n) is 4.84. The molecular weight excluding hydrogens is 408 g/mol. The molecule has 32 heavy (non-hydrogen) atoms. The molecule has 0 aliphatic carbocycles. The second-order valence-electron chi connectivity index (χ2n) is 8.48. The van der Waals surface area contributed by atoms with E-state index < -0.39 is 5.92 Å². The van der Waals surface area contributed by atoms with Crippen molar-refractivity contribution in [3.05, 3.63) is 66.0 Å². The van der Waals surface area contributed by atoms with Crippen molar-refractivity contribution in [1.82, 2.24) is 19.7 Å². The summed E-state index contributed by atoms with van der Waals surface area (Å²) in [4.78, 5) is 48.0. The van der Waals surface area contributed by atoms with E-state index in [9.17, 15) is 14.4 Å². The van der Waals surface area contributed by atoms with Crippen molar-refractivity contribution in [2.75, 3.05) is 33.8 Å². The Kier molecular flexibility index (Phi) is 6.50. The predicted molar refractivity (Wildman–Crippen MR) is 117 cm³/mol. The Balaban J connectivity index is 1.46. The summed E-state index contributed by atoms with van der Waals surface area (Å²) < 4.78 is 5.04. The van der Waals surface area contributed by atoms with Crippen LogP contribution in [0.25, 0.3) is 0 Å². The van der Waals surface area contributed by atoms with Crippen molar-refractivity contribution in [2.24, 2.45) is 5.92 Å². The zero-order valence-electron chi connectivity index (χ0n) is 18.4. The number of likely N-dealkylation sites (N-methyl/N-ethyl adjacent to an activating group) is 1. The Hall–Kier alpha value is -3.26. The Morgan fingerprint density at radius 2 is 1.88 bits per heavy atom. The predicted octanol–water partition coefficient (Wildman–Crippen LogP) is 1.49. The summed E-state index contributed by atoms with van der Waals surface area (Å²) in [6.07, 6.45) is 3.93. The fraction of sp³-hybridized carbons (Fsp3) is 0.417. The molecule has 0 spiro atoms. The molecular formula is C24H28N4O4. The number of amides is 2. The highest BCUT2D eigenvalue weighted by atomic mass is 16.5. The first-order valence-electron chi connectivity index (χ1n) is 10.8. The van der Waals surface area contributed by atoms with Gasteiger partial charge in [-0.05, 0) is 36.7 Å². The minimum Gasteiger partial charge on any atom is -0.469 e. The molecule has 1 aromatic heterocycles. The van der Waals surface area contributed by atoms with Gasteiger partial charge in [-0.15, -0.1) is 0 Å². The number of ether oxygens (including phenoxy) is 1. The van der Waals surface area contributed by atoms with Crippen LogP contribution in [0.15, 0.2) is 54.9 Å². The largest absolute Gasteiger partial charge is 0.469 e. The van der Waals surface area contributed by atoms with Crippen molar-refractivity contribution in [1.29, 1.82) is 0 Å². The number of aromatic nitrogens is 1. The molecule has 2 fully saturated rings. The normalized spacial score (nSPS) is 22.7. The molecule has 4 rings (SSSR count). The molecule has 0 unspecified atom stereocenters. The summed E-state index contributed by atoms with van der Waals surface area (Å²) in [5.74, 6) is -0.990. The van der Waals surface area contributed by atoms with Crippen LogP contribution in [0.2, 0.25) is 0 Å². The van der Waals surface area contributed by atoms with Gasteiger partial charge in [0.2, 0.25) is 11.8 Å². The molecule has 3 heterocycles. The Bertz CT molecular complexity index is 968. The van der Waals surface area contributed by atoms with Gasteiger partial charge in [-0.25, -0.2) is 0 Å². The van der Waals surface area contributed by atoms with Gasteiger partial charge in [0.15, 0.2) is 0 Å². The molecule has 2 amide bonds. The fourth-order valence-corrected chi connectivity index (χ4v) is 4.84. The lowest BCUT2D eigenvalue weighted by atomic mass is 9.93. The third-order valence-corrected chi connectivity index (χ3v) is 6.25. The highest BCUT2D eigenvalue weighted by Crippen LogP contribution is 2.43. The van der Waals surface area contributed by atoms with Crippen LogP contribution < -0.4 is 0 Å². The summed E-state index contributed by atoms with van der Waals surface area (Å²) in [6, 6.07) is 12.8. The third-order valence-electron chi connectivity index (χ3n) is 6.25. The number of pyridine rings is 1. The van der Waals surface area contributed by atoms with Crippen molar-refractivity contribution >= 4 is 17.8 Å². The van der Waals surface area contributed by atoms with Crippen LogP contribution in [0.5, 0.6) is 0 Å². The molecule has 0 bridgehead atoms. The third kappa shape index (κ3) is 4.50. The zero-order chi connectivity index (χ0) is 22.7. The first kappa shape index (κ1) is 22.0. The maximum Gasteiger partial charge on any atom is 0.311 e. The minimum atomic E-state index is -0.444. The molecule has 0 saturated carbocycles. The van der Waals surface area contributed by atoms with Gasteiger partial charge in [0, 0.05) is 25.5 Å². The van der Waals surface area contributed by atoms with E-state index in [1.54, 1.807) is 22.2 Å². The lowest BCUT2D eigenvalue weighted by molar-refractivity contribution is -0.151. The summed E-state index contributed by atoms with van der Waals surface area (Å²) in [7, 11) is 3.25. The van der Waals surface area contributed by atoms with Gasteiger partial charge in [-0.2, -0.15) is 0 Å². The average Bonchev–Trinajstić information content (AvgIpc) is 3.20. The number of nitrogens with zero attached hydrogens (tertiary/aromatic N) is 4. The molecule has 2 aliphatic rings. The van der Waals surface area contributed by atoms with Gasteiger partial charge in [0.25, 0.3) is 0 Å². The highest BCUT2D eigenvalue weighted by molar-refractivity contribution is 5.88. The molecule has 8 heteroatoms. The molecule has 168 valence electrons. The highest BCUT2D eigenvalue weighted by Gasteiger charge is 2.51. The van der Waals surface area contributed by atoms with Crippen molar-refractivity contribution in [2.45, 2.75) is 25.0 Å². The number of carbonyl (C=O) groups excluding carboxylic acids is 3. The van der Waals surface area contributed by atoms with Gasteiger partial charge in [-0.3, -0.25) is 24.3 Å². The van der Waals surface area contributed by atoms with Crippen molar-refractivity contribution in [3.63, 3.8) is 0 Å². The molecule has 0 radical (unpaired) electrons. The van der Waals surface area contributed by atoms with Gasteiger partial charge in [0.05, 0.1) is 38.2 Å². The Labute approximate surface area is 187 Å². The SMILES string of the molecule is COC(=O)[C@H]1C[C@H]2CN(C(=O)CN(C)Cc3ccncc3)CC(=O)N2[C@H]1c1ccccc1. The van der Waals surface area contributed by atoms with Crippen LogP contribution in [0.3, 0.4) is 0 Å². The number of rotatable bonds is 6. The number of piperazine rings is 1. The molecule has 1 aromatic carbocycles. The van der Waals surface area contributed by atoms with E-state index in [0.29, 0.717) is 19.5 Å². The van der Waals surface area contributed by atoms with Crippen LogP contribution in [0, 0.1) is 5.92 Å². The quantitative estimate of drug-likeness (QED) is 0.638. The minimum absolute atomic E-state index is 0.0235. The number of benzene rings is 1. The van der Waals surface area contributed by atoms with Crippen molar-refractivity contribution < 1.29 is 19.1 Å². The summed E-state index contributed by atoms with van der Waals surface area (Å²) in [5.41, 5.74) is 1.98. The second-order valence-corrected chi connectivity index (χ2v) is 8.48. The molecule has 2 aromatic rings.